The van der Waals surface area contributed by atoms with Gasteiger partial charge in [0.1, 0.15) is 17.2 Å². The minimum atomic E-state index is -0.598. The minimum Gasteiger partial charge on any atom is -0.458 e. The Balaban J connectivity index is 2.12. The van der Waals surface area contributed by atoms with Crippen LogP contribution in [0.4, 0.5) is 4.79 Å². The van der Waals surface area contributed by atoms with Gasteiger partial charge in [-0.25, -0.2) is 9.59 Å². The predicted octanol–water partition coefficient (Wildman–Crippen LogP) is 3.99. The number of carbonyl (C=O) groups is 3. The maximum Gasteiger partial charge on any atom is 0.410 e. The van der Waals surface area contributed by atoms with E-state index in [1.165, 1.54) is 0 Å². The lowest BCUT2D eigenvalue weighted by molar-refractivity contribution is -0.173. The Kier molecular flexibility index (Phi) is 7.14. The number of esters is 1. The van der Waals surface area contributed by atoms with Crippen molar-refractivity contribution in [1.82, 2.24) is 9.80 Å². The first-order valence-electron chi connectivity index (χ1n) is 11.2. The van der Waals surface area contributed by atoms with Crippen LogP contribution in [-0.2, 0) is 19.1 Å². The monoisotopic (exact) mass is 424 g/mol. The second-order valence-corrected chi connectivity index (χ2v) is 11.1. The molecule has 2 heterocycles. The van der Waals surface area contributed by atoms with Gasteiger partial charge in [-0.1, -0.05) is 13.8 Å². The number of hydrogen-bond acceptors (Lipinski definition) is 5. The molecule has 0 aliphatic carbocycles. The molecule has 2 amide bonds. The van der Waals surface area contributed by atoms with Crippen molar-refractivity contribution in [2.75, 3.05) is 19.6 Å². The zero-order chi connectivity index (χ0) is 22.9. The average molecular weight is 425 g/mol. The molecule has 172 valence electrons. The highest BCUT2D eigenvalue weighted by molar-refractivity contribution is 5.89. The lowest BCUT2D eigenvalue weighted by Gasteiger charge is -2.48. The molecule has 0 bridgehead atoms. The molecule has 0 N–H and O–H groups in total. The molecule has 2 fully saturated rings. The maximum atomic E-state index is 13.6. The van der Waals surface area contributed by atoms with Gasteiger partial charge in [0.2, 0.25) is 5.91 Å². The molecule has 2 rings (SSSR count). The van der Waals surface area contributed by atoms with E-state index in [2.05, 4.69) is 0 Å². The number of ether oxygens (including phenoxy) is 2. The Labute approximate surface area is 181 Å². The summed E-state index contributed by atoms with van der Waals surface area (Å²) in [5, 5.41) is 0. The van der Waals surface area contributed by atoms with Gasteiger partial charge >= 0.3 is 12.1 Å². The van der Waals surface area contributed by atoms with Crippen molar-refractivity contribution in [2.24, 2.45) is 11.3 Å². The molecule has 2 aliphatic rings. The molecule has 30 heavy (non-hydrogen) atoms. The standard InChI is InChI=1S/C23H40N2O5/c1-16(2)17(18(26)29-21(3,4)5)25-13-9-10-23(19(25)27)11-14-24(15-12-23)20(28)30-22(6,7)8/h16-17H,9-15H2,1-8H3/t17-/m0/s1. The second kappa shape index (κ2) is 8.75. The largest absolute Gasteiger partial charge is 0.458 e. The third-order valence-corrected chi connectivity index (χ3v) is 5.76. The molecule has 2 aliphatic heterocycles. The highest BCUT2D eigenvalue weighted by Gasteiger charge is 2.50. The molecule has 0 saturated carbocycles. The maximum absolute atomic E-state index is 13.6. The van der Waals surface area contributed by atoms with Crippen LogP contribution < -0.4 is 0 Å². The van der Waals surface area contributed by atoms with Crippen molar-refractivity contribution >= 4 is 18.0 Å². The third kappa shape index (κ3) is 5.88. The van der Waals surface area contributed by atoms with Crippen molar-refractivity contribution < 1.29 is 23.9 Å². The molecule has 7 nitrogen and oxygen atoms in total. The summed E-state index contributed by atoms with van der Waals surface area (Å²) in [5.41, 5.74) is -1.65. The summed E-state index contributed by atoms with van der Waals surface area (Å²) in [4.78, 5) is 42.3. The molecule has 1 spiro atoms. The van der Waals surface area contributed by atoms with E-state index in [0.717, 1.165) is 12.8 Å². The number of likely N-dealkylation sites (tertiary alicyclic amines) is 2. The van der Waals surface area contributed by atoms with E-state index < -0.39 is 22.7 Å². The van der Waals surface area contributed by atoms with Gasteiger partial charge in [-0.3, -0.25) is 4.79 Å². The fourth-order valence-electron chi connectivity index (χ4n) is 4.40. The van der Waals surface area contributed by atoms with Gasteiger partial charge in [0.15, 0.2) is 0 Å². The van der Waals surface area contributed by atoms with Crippen LogP contribution >= 0.6 is 0 Å². The zero-order valence-electron chi connectivity index (χ0n) is 20.0. The topological polar surface area (TPSA) is 76.2 Å². The smallest absolute Gasteiger partial charge is 0.410 e. The number of rotatable bonds is 3. The summed E-state index contributed by atoms with van der Waals surface area (Å²) in [6.45, 7) is 16.5. The van der Waals surface area contributed by atoms with Crippen molar-refractivity contribution in [2.45, 2.75) is 98.3 Å². The normalized spacial score (nSPS) is 21.0. The van der Waals surface area contributed by atoms with Crippen molar-refractivity contribution in [3.63, 3.8) is 0 Å². The van der Waals surface area contributed by atoms with E-state index in [4.69, 9.17) is 9.47 Å². The Bertz CT molecular complexity index is 651. The fraction of sp³-hybridized carbons (Fsp3) is 0.870. The van der Waals surface area contributed by atoms with Crippen LogP contribution in [0.2, 0.25) is 0 Å². The molecule has 0 aromatic rings. The summed E-state index contributed by atoms with van der Waals surface area (Å²) in [6.07, 6.45) is 2.51. The molecular weight excluding hydrogens is 384 g/mol. The predicted molar refractivity (Wildman–Crippen MR) is 115 cm³/mol. The summed E-state index contributed by atoms with van der Waals surface area (Å²) < 4.78 is 11.1. The van der Waals surface area contributed by atoms with Gasteiger partial charge in [0.25, 0.3) is 0 Å². The van der Waals surface area contributed by atoms with E-state index in [1.807, 2.05) is 55.4 Å². The summed E-state index contributed by atoms with van der Waals surface area (Å²) in [6, 6.07) is -0.585. The van der Waals surface area contributed by atoms with Crippen LogP contribution in [0.1, 0.15) is 81.1 Å². The van der Waals surface area contributed by atoms with Gasteiger partial charge in [-0.05, 0) is 73.1 Å². The van der Waals surface area contributed by atoms with E-state index >= 15 is 0 Å². The van der Waals surface area contributed by atoms with E-state index in [9.17, 15) is 14.4 Å². The Morgan fingerprint density at radius 3 is 1.90 bits per heavy atom. The van der Waals surface area contributed by atoms with Gasteiger partial charge in [0, 0.05) is 19.6 Å². The van der Waals surface area contributed by atoms with Crippen LogP contribution in [0.5, 0.6) is 0 Å². The quantitative estimate of drug-likeness (QED) is 0.640. The van der Waals surface area contributed by atoms with Crippen LogP contribution in [0.3, 0.4) is 0 Å². The molecular formula is C23H40N2O5. The highest BCUT2D eigenvalue weighted by atomic mass is 16.6. The first kappa shape index (κ1) is 24.5. The molecule has 2 saturated heterocycles. The number of carbonyl (C=O) groups excluding carboxylic acids is 3. The number of hydrogen-bond donors (Lipinski definition) is 0. The molecule has 0 radical (unpaired) electrons. The Morgan fingerprint density at radius 2 is 1.43 bits per heavy atom. The van der Waals surface area contributed by atoms with Crippen LogP contribution in [0.25, 0.3) is 0 Å². The summed E-state index contributed by atoms with van der Waals surface area (Å²) in [7, 11) is 0. The van der Waals surface area contributed by atoms with Crippen LogP contribution in [0, 0.1) is 11.3 Å². The van der Waals surface area contributed by atoms with Gasteiger partial charge in [0.05, 0.1) is 5.41 Å². The zero-order valence-corrected chi connectivity index (χ0v) is 20.0. The summed E-state index contributed by atoms with van der Waals surface area (Å²) in [5.74, 6) is -0.350. The molecule has 0 aromatic carbocycles. The number of nitrogens with zero attached hydrogens (tertiary/aromatic N) is 2. The minimum absolute atomic E-state index is 0.0298. The second-order valence-electron chi connectivity index (χ2n) is 11.1. The van der Waals surface area contributed by atoms with Crippen molar-refractivity contribution in [1.29, 1.82) is 0 Å². The Hall–Kier alpha value is -1.79. The van der Waals surface area contributed by atoms with E-state index in [-0.39, 0.29) is 23.9 Å². The van der Waals surface area contributed by atoms with Crippen LogP contribution in [0.15, 0.2) is 0 Å². The first-order chi connectivity index (χ1) is 13.7. The lowest BCUT2D eigenvalue weighted by atomic mass is 9.71. The molecule has 0 unspecified atom stereocenters. The number of amides is 2. The van der Waals surface area contributed by atoms with Gasteiger partial charge in [-0.15, -0.1) is 0 Å². The molecule has 7 heteroatoms. The van der Waals surface area contributed by atoms with Crippen molar-refractivity contribution in [3.05, 3.63) is 0 Å². The molecule has 1 atom stereocenters. The van der Waals surface area contributed by atoms with E-state index in [0.29, 0.717) is 32.5 Å². The van der Waals surface area contributed by atoms with Gasteiger partial charge < -0.3 is 19.3 Å². The number of piperidine rings is 2. The SMILES string of the molecule is CC(C)[C@@H](C(=O)OC(C)(C)C)N1CCCC2(CCN(C(=O)OC(C)(C)C)CC2)C1=O. The molecule has 0 aromatic heterocycles. The lowest BCUT2D eigenvalue weighted by Crippen LogP contribution is -2.60. The van der Waals surface area contributed by atoms with Crippen molar-refractivity contribution in [3.8, 4) is 0 Å². The van der Waals surface area contributed by atoms with Crippen LogP contribution in [-0.4, -0.2) is 64.6 Å². The Morgan fingerprint density at radius 1 is 0.900 bits per heavy atom. The first-order valence-corrected chi connectivity index (χ1v) is 11.2. The summed E-state index contributed by atoms with van der Waals surface area (Å²) >= 11 is 0. The highest BCUT2D eigenvalue weighted by Crippen LogP contribution is 2.42. The van der Waals surface area contributed by atoms with E-state index in [1.54, 1.807) is 9.80 Å². The fourth-order valence-corrected chi connectivity index (χ4v) is 4.40. The van der Waals surface area contributed by atoms with Gasteiger partial charge in [-0.2, -0.15) is 0 Å². The third-order valence-electron chi connectivity index (χ3n) is 5.76. The average Bonchev–Trinajstić information content (AvgIpc) is 2.56.